The van der Waals surface area contributed by atoms with E-state index in [2.05, 4.69) is 15.9 Å². The highest BCUT2D eigenvalue weighted by molar-refractivity contribution is 9.09. The zero-order valence-corrected chi connectivity index (χ0v) is 14.5. The molecule has 0 amide bonds. The molecule has 0 aliphatic carbocycles. The SMILES string of the molecule is O=S1(=O)CCC(C(Br)c2cc3c(cc2Cl)OCCCO3)C1. The summed E-state index contributed by atoms with van der Waals surface area (Å²) in [5.41, 5.74) is 0.864. The molecule has 2 heterocycles. The van der Waals surface area contributed by atoms with E-state index in [1.807, 2.05) is 6.07 Å². The largest absolute Gasteiger partial charge is 0.490 e. The molecule has 2 unspecified atom stereocenters. The first-order chi connectivity index (χ1) is 9.96. The van der Waals surface area contributed by atoms with Crippen LogP contribution in [0.4, 0.5) is 0 Å². The van der Waals surface area contributed by atoms with Gasteiger partial charge in [-0.25, -0.2) is 8.42 Å². The normalized spacial score (nSPS) is 25.3. The lowest BCUT2D eigenvalue weighted by Crippen LogP contribution is -2.10. The Bertz CT molecular complexity index is 647. The lowest BCUT2D eigenvalue weighted by Gasteiger charge is -2.19. The maximum Gasteiger partial charge on any atom is 0.162 e. The second-order valence-electron chi connectivity index (χ2n) is 5.44. The van der Waals surface area contributed by atoms with Gasteiger partial charge in [0.1, 0.15) is 0 Å². The smallest absolute Gasteiger partial charge is 0.162 e. The van der Waals surface area contributed by atoms with E-state index >= 15 is 0 Å². The Hall–Kier alpha value is -0.460. The lowest BCUT2D eigenvalue weighted by atomic mass is 9.98. The molecule has 2 aliphatic rings. The number of alkyl halides is 1. The second kappa shape index (κ2) is 5.97. The number of sulfone groups is 1. The topological polar surface area (TPSA) is 52.6 Å². The maximum absolute atomic E-state index is 11.6. The number of hydrogen-bond acceptors (Lipinski definition) is 4. The highest BCUT2D eigenvalue weighted by Crippen LogP contribution is 2.44. The third-order valence-electron chi connectivity index (χ3n) is 3.85. The molecule has 7 heteroatoms. The van der Waals surface area contributed by atoms with E-state index in [0.29, 0.717) is 36.2 Å². The molecule has 2 aliphatic heterocycles. The van der Waals surface area contributed by atoms with Gasteiger partial charge in [-0.1, -0.05) is 27.5 Å². The van der Waals surface area contributed by atoms with Gasteiger partial charge in [0.25, 0.3) is 0 Å². The molecule has 21 heavy (non-hydrogen) atoms. The standard InChI is InChI=1S/C14H16BrClO4S/c15-14(9-2-5-21(17,18)8-9)10-6-12-13(7-11(10)16)20-4-1-3-19-12/h6-7,9,14H,1-5,8H2. The first-order valence-electron chi connectivity index (χ1n) is 6.90. The van der Waals surface area contributed by atoms with Crippen LogP contribution in [-0.2, 0) is 9.84 Å². The van der Waals surface area contributed by atoms with Crippen molar-refractivity contribution in [1.82, 2.24) is 0 Å². The van der Waals surface area contributed by atoms with Gasteiger partial charge in [0.15, 0.2) is 21.3 Å². The van der Waals surface area contributed by atoms with Crippen LogP contribution >= 0.6 is 27.5 Å². The molecular formula is C14H16BrClO4S. The van der Waals surface area contributed by atoms with Gasteiger partial charge >= 0.3 is 0 Å². The molecule has 0 radical (unpaired) electrons. The second-order valence-corrected chi connectivity index (χ2v) is 9.06. The summed E-state index contributed by atoms with van der Waals surface area (Å²) in [7, 11) is -2.91. The van der Waals surface area contributed by atoms with Gasteiger partial charge in [-0.3, -0.25) is 0 Å². The number of hydrogen-bond donors (Lipinski definition) is 0. The van der Waals surface area contributed by atoms with Gasteiger partial charge in [-0.2, -0.15) is 0 Å². The number of ether oxygens (including phenoxy) is 2. The molecule has 4 nitrogen and oxygen atoms in total. The van der Waals surface area contributed by atoms with Gasteiger partial charge in [0, 0.05) is 22.3 Å². The highest BCUT2D eigenvalue weighted by Gasteiger charge is 2.34. The van der Waals surface area contributed by atoms with Crippen LogP contribution in [0, 0.1) is 5.92 Å². The van der Waals surface area contributed by atoms with E-state index in [9.17, 15) is 8.42 Å². The summed E-state index contributed by atoms with van der Waals surface area (Å²) < 4.78 is 34.6. The van der Waals surface area contributed by atoms with Crippen molar-refractivity contribution in [3.05, 3.63) is 22.7 Å². The highest BCUT2D eigenvalue weighted by atomic mass is 79.9. The summed E-state index contributed by atoms with van der Waals surface area (Å²) in [4.78, 5) is -0.0978. The first kappa shape index (κ1) is 15.4. The van der Waals surface area contributed by atoms with Crippen LogP contribution < -0.4 is 9.47 Å². The van der Waals surface area contributed by atoms with E-state index in [1.54, 1.807) is 6.07 Å². The number of benzene rings is 1. The Morgan fingerprint density at radius 1 is 1.24 bits per heavy atom. The van der Waals surface area contributed by atoms with Crippen molar-refractivity contribution in [1.29, 1.82) is 0 Å². The average molecular weight is 396 g/mol. The van der Waals surface area contributed by atoms with Gasteiger partial charge in [0.05, 0.1) is 24.7 Å². The van der Waals surface area contributed by atoms with Gasteiger partial charge < -0.3 is 9.47 Å². The summed E-state index contributed by atoms with van der Waals surface area (Å²) in [6, 6.07) is 3.63. The Morgan fingerprint density at radius 3 is 2.52 bits per heavy atom. The molecule has 0 spiro atoms. The quantitative estimate of drug-likeness (QED) is 0.721. The molecule has 1 saturated heterocycles. The van der Waals surface area contributed by atoms with Crippen LogP contribution in [0.15, 0.2) is 12.1 Å². The van der Waals surface area contributed by atoms with Crippen molar-refractivity contribution in [2.24, 2.45) is 5.92 Å². The molecule has 1 aromatic rings. The Morgan fingerprint density at radius 2 is 1.90 bits per heavy atom. The molecular weight excluding hydrogens is 380 g/mol. The first-order valence-corrected chi connectivity index (χ1v) is 10.0. The van der Waals surface area contributed by atoms with Gasteiger partial charge in [-0.15, -0.1) is 0 Å². The van der Waals surface area contributed by atoms with Crippen molar-refractivity contribution in [3.8, 4) is 11.5 Å². The van der Waals surface area contributed by atoms with E-state index in [4.69, 9.17) is 21.1 Å². The summed E-state index contributed by atoms with van der Waals surface area (Å²) in [5.74, 6) is 1.82. The van der Waals surface area contributed by atoms with Crippen LogP contribution in [-0.4, -0.2) is 33.1 Å². The minimum absolute atomic E-state index is 0.0391. The fourth-order valence-electron chi connectivity index (χ4n) is 2.72. The number of rotatable bonds is 2. The Balaban J connectivity index is 1.90. The third kappa shape index (κ3) is 3.32. The fraction of sp³-hybridized carbons (Fsp3) is 0.571. The van der Waals surface area contributed by atoms with E-state index in [0.717, 1.165) is 12.0 Å². The molecule has 1 fully saturated rings. The molecule has 116 valence electrons. The van der Waals surface area contributed by atoms with Crippen molar-refractivity contribution in [3.63, 3.8) is 0 Å². The monoisotopic (exact) mass is 394 g/mol. The van der Waals surface area contributed by atoms with E-state index < -0.39 is 9.84 Å². The summed E-state index contributed by atoms with van der Waals surface area (Å²) in [6.07, 6.45) is 1.49. The Kier molecular flexibility index (Phi) is 4.39. The van der Waals surface area contributed by atoms with Crippen molar-refractivity contribution in [2.75, 3.05) is 24.7 Å². The van der Waals surface area contributed by atoms with Crippen LogP contribution in [0.5, 0.6) is 11.5 Å². The predicted octanol–water partition coefficient (Wildman–Crippen LogP) is 3.37. The van der Waals surface area contributed by atoms with Crippen molar-refractivity contribution >= 4 is 37.4 Å². The van der Waals surface area contributed by atoms with Crippen LogP contribution in [0.2, 0.25) is 5.02 Å². The molecule has 3 rings (SSSR count). The maximum atomic E-state index is 11.6. The number of fused-ring (bicyclic) bond motifs is 1. The fourth-order valence-corrected chi connectivity index (χ4v) is 6.04. The molecule has 1 aromatic carbocycles. The molecule has 0 aromatic heterocycles. The number of halogens is 2. The molecule has 0 bridgehead atoms. The minimum Gasteiger partial charge on any atom is -0.490 e. The minimum atomic E-state index is -2.91. The van der Waals surface area contributed by atoms with E-state index in [1.165, 1.54) is 0 Å². The van der Waals surface area contributed by atoms with Gasteiger partial charge in [0.2, 0.25) is 0 Å². The van der Waals surface area contributed by atoms with Crippen LogP contribution in [0.25, 0.3) is 0 Å². The van der Waals surface area contributed by atoms with Crippen LogP contribution in [0.3, 0.4) is 0 Å². The summed E-state index contributed by atoms with van der Waals surface area (Å²) in [6.45, 7) is 1.22. The third-order valence-corrected chi connectivity index (χ3v) is 7.21. The lowest BCUT2D eigenvalue weighted by molar-refractivity contribution is 0.297. The van der Waals surface area contributed by atoms with Crippen molar-refractivity contribution < 1.29 is 17.9 Å². The predicted molar refractivity (Wildman–Crippen MR) is 85.5 cm³/mol. The molecule has 0 N–H and O–H groups in total. The van der Waals surface area contributed by atoms with Gasteiger partial charge in [-0.05, 0) is 24.0 Å². The molecule has 0 saturated carbocycles. The van der Waals surface area contributed by atoms with Crippen molar-refractivity contribution in [2.45, 2.75) is 17.7 Å². The van der Waals surface area contributed by atoms with Crippen LogP contribution in [0.1, 0.15) is 23.2 Å². The summed E-state index contributed by atoms with van der Waals surface area (Å²) in [5, 5.41) is 0.574. The molecule has 2 atom stereocenters. The average Bonchev–Trinajstić information content (AvgIpc) is 2.66. The summed E-state index contributed by atoms with van der Waals surface area (Å²) >= 11 is 9.96. The van der Waals surface area contributed by atoms with E-state index in [-0.39, 0.29) is 22.3 Å². The Labute approximate surface area is 137 Å². The zero-order chi connectivity index (χ0) is 15.0. The zero-order valence-electron chi connectivity index (χ0n) is 11.3.